The van der Waals surface area contributed by atoms with Crippen LogP contribution < -0.4 is 14.9 Å². The van der Waals surface area contributed by atoms with Crippen molar-refractivity contribution in [3.63, 3.8) is 0 Å². The van der Waals surface area contributed by atoms with Gasteiger partial charge in [0.05, 0.1) is 45.0 Å². The molecule has 1 aromatic rings. The maximum absolute atomic E-state index is 14.8. The molecule has 3 rings (SSSR count). The fourth-order valence-corrected chi connectivity index (χ4v) is 3.47. The summed E-state index contributed by atoms with van der Waals surface area (Å²) in [4.78, 5) is 34.3. The minimum Gasteiger partial charge on any atom is -0.627 e. The fraction of sp³-hybridized carbons (Fsp3) is 0.500. The number of quaternary nitrogens is 1. The molecule has 0 saturated carbocycles. The van der Waals surface area contributed by atoms with E-state index in [4.69, 9.17) is 19.9 Å². The molecule has 2 saturated heterocycles. The van der Waals surface area contributed by atoms with Crippen LogP contribution >= 0.6 is 11.8 Å². The van der Waals surface area contributed by atoms with Crippen molar-refractivity contribution in [3.05, 3.63) is 29.2 Å². The monoisotopic (exact) mass is 455 g/mol. The average molecular weight is 455 g/mol. The number of thiocyanates is 1. The predicted molar refractivity (Wildman–Crippen MR) is 109 cm³/mol. The van der Waals surface area contributed by atoms with Crippen molar-refractivity contribution < 1.29 is 28.6 Å². The molecule has 13 heteroatoms. The zero-order valence-electron chi connectivity index (χ0n) is 16.8. The van der Waals surface area contributed by atoms with E-state index in [-0.39, 0.29) is 62.5 Å². The Kier molecular flexibility index (Phi) is 7.65. The number of carbonyl (C=O) groups excluding carboxylic acids is 2. The Balaban J connectivity index is 1.60. The Hall–Kier alpha value is -2.47. The van der Waals surface area contributed by atoms with Gasteiger partial charge >= 0.3 is 6.09 Å². The summed E-state index contributed by atoms with van der Waals surface area (Å²) in [5, 5.41) is 27.4. The number of amides is 2. The molecule has 11 nitrogen and oxygen atoms in total. The summed E-state index contributed by atoms with van der Waals surface area (Å²) >= 11 is 0.872. The molecule has 0 radical (unpaired) electrons. The smallest absolute Gasteiger partial charge is 0.414 e. The van der Waals surface area contributed by atoms with E-state index in [2.05, 4.69) is 5.32 Å². The molecule has 2 heterocycles. The number of carbonyl (C=O) groups is 2. The lowest BCUT2D eigenvalue weighted by atomic mass is 10.2. The van der Waals surface area contributed by atoms with Gasteiger partial charge in [0.1, 0.15) is 17.4 Å². The lowest BCUT2D eigenvalue weighted by Gasteiger charge is -2.46. The Labute approximate surface area is 182 Å². The first-order valence-electron chi connectivity index (χ1n) is 9.48. The highest BCUT2D eigenvalue weighted by molar-refractivity contribution is 8.03. The molecular formula is C18H22FN5O6S. The Morgan fingerprint density at radius 3 is 2.87 bits per heavy atom. The van der Waals surface area contributed by atoms with E-state index in [9.17, 15) is 19.2 Å². The molecule has 2 aliphatic heterocycles. The highest BCUT2D eigenvalue weighted by Crippen LogP contribution is 2.32. The van der Waals surface area contributed by atoms with Crippen LogP contribution in [-0.2, 0) is 19.4 Å². The summed E-state index contributed by atoms with van der Waals surface area (Å²) in [5.41, 5.74) is 0.236. The largest absolute Gasteiger partial charge is 0.627 e. The summed E-state index contributed by atoms with van der Waals surface area (Å²) in [6, 6.07) is 4.02. The number of piperazine rings is 1. The van der Waals surface area contributed by atoms with E-state index in [0.717, 1.165) is 17.8 Å². The molecule has 2 fully saturated rings. The first-order valence-corrected chi connectivity index (χ1v) is 10.5. The average Bonchev–Trinajstić information content (AvgIpc) is 3.11. The van der Waals surface area contributed by atoms with Crippen LogP contribution in [0.3, 0.4) is 0 Å². The quantitative estimate of drug-likeness (QED) is 0.118. The number of rotatable bonds is 8. The number of anilines is 1. The zero-order valence-corrected chi connectivity index (χ0v) is 17.6. The van der Waals surface area contributed by atoms with Gasteiger partial charge in [0.15, 0.2) is 11.5 Å². The van der Waals surface area contributed by atoms with Gasteiger partial charge < -0.3 is 19.9 Å². The minimum absolute atomic E-state index is 0.0328. The third kappa shape index (κ3) is 5.82. The number of nitriles is 1. The van der Waals surface area contributed by atoms with Crippen LogP contribution in [0, 0.1) is 21.7 Å². The van der Waals surface area contributed by atoms with Gasteiger partial charge in [0.25, 0.3) is 0 Å². The summed E-state index contributed by atoms with van der Waals surface area (Å²) < 4.78 is 19.1. The van der Waals surface area contributed by atoms with E-state index >= 15 is 0 Å². The van der Waals surface area contributed by atoms with Crippen LogP contribution in [0.5, 0.6) is 0 Å². The molecule has 168 valence electrons. The van der Waals surface area contributed by atoms with Crippen LogP contribution in [0.1, 0.15) is 6.92 Å². The van der Waals surface area contributed by atoms with Gasteiger partial charge in [-0.05, 0) is 17.8 Å². The SMILES string of the molecule is CC(=O)NC[C@H]1CN(c2ccc([N+]3([O-])CCN(OOCSC#N)CC3)c(F)c2)C(=O)O1. The number of hydrogen-bond donors (Lipinski definition) is 1. The van der Waals surface area contributed by atoms with Gasteiger partial charge in [-0.1, -0.05) is 0 Å². The van der Waals surface area contributed by atoms with Crippen molar-refractivity contribution >= 4 is 35.1 Å². The predicted octanol–water partition coefficient (Wildman–Crippen LogP) is 1.44. The standard InChI is InChI=1S/C18H22FN5O6S/c1-13(25)21-9-15-10-23(18(26)29-15)14-2-3-17(16(19)8-14)24(27)6-4-22(5-7-24)30-28-12-31-11-20/h2-3,8,15H,4-7,9-10,12H2,1H3,(H,21,25)/t15-/m0/s1. The first-order chi connectivity index (χ1) is 14.8. The fourth-order valence-electron chi connectivity index (χ4n) is 3.32. The third-order valence-corrected chi connectivity index (χ3v) is 5.23. The minimum atomic E-state index is -0.880. The second-order valence-electron chi connectivity index (χ2n) is 7.00. The second-order valence-corrected chi connectivity index (χ2v) is 7.71. The van der Waals surface area contributed by atoms with Gasteiger partial charge in [-0.3, -0.25) is 9.69 Å². The molecule has 0 aliphatic carbocycles. The van der Waals surface area contributed by atoms with Crippen molar-refractivity contribution in [2.45, 2.75) is 13.0 Å². The van der Waals surface area contributed by atoms with Crippen molar-refractivity contribution in [1.29, 1.82) is 5.26 Å². The molecule has 1 N–H and O–H groups in total. The zero-order chi connectivity index (χ0) is 22.4. The normalized spacial score (nSPS) is 20.9. The number of thioether (sulfide) groups is 1. The molecule has 2 amide bonds. The number of hydrogen-bond acceptors (Lipinski definition) is 9. The molecule has 1 aromatic carbocycles. The maximum Gasteiger partial charge on any atom is 0.414 e. The Morgan fingerprint density at radius 1 is 1.48 bits per heavy atom. The van der Waals surface area contributed by atoms with Gasteiger partial charge in [0.2, 0.25) is 5.91 Å². The summed E-state index contributed by atoms with van der Waals surface area (Å²) in [6.45, 7) is 2.18. The van der Waals surface area contributed by atoms with Crippen LogP contribution in [0.15, 0.2) is 18.2 Å². The number of cyclic esters (lactones) is 1. The van der Waals surface area contributed by atoms with Crippen LogP contribution in [0.4, 0.5) is 20.6 Å². The molecule has 31 heavy (non-hydrogen) atoms. The number of ether oxygens (including phenoxy) is 1. The second kappa shape index (κ2) is 10.2. The topological polar surface area (TPSA) is 127 Å². The number of halogens is 1. The highest BCUT2D eigenvalue weighted by Gasteiger charge is 2.35. The van der Waals surface area contributed by atoms with Crippen LogP contribution in [0.2, 0.25) is 0 Å². The Bertz CT molecular complexity index is 860. The van der Waals surface area contributed by atoms with Crippen LogP contribution in [-0.4, -0.2) is 68.4 Å². The van der Waals surface area contributed by atoms with E-state index in [1.54, 1.807) is 0 Å². The molecule has 0 bridgehead atoms. The summed E-state index contributed by atoms with van der Waals surface area (Å²) in [6.07, 6.45) is -1.19. The van der Waals surface area contributed by atoms with Crippen LogP contribution in [0.25, 0.3) is 0 Å². The highest BCUT2D eigenvalue weighted by atomic mass is 32.2. The molecule has 0 spiro atoms. The van der Waals surface area contributed by atoms with Crippen molar-refractivity contribution in [3.8, 4) is 5.40 Å². The third-order valence-electron chi connectivity index (χ3n) is 4.89. The van der Waals surface area contributed by atoms with Crippen molar-refractivity contribution in [1.82, 2.24) is 15.0 Å². The van der Waals surface area contributed by atoms with Gasteiger partial charge in [-0.15, -0.1) is 10.1 Å². The maximum atomic E-state index is 14.8. The van der Waals surface area contributed by atoms with Gasteiger partial charge in [-0.2, -0.15) is 5.26 Å². The lowest BCUT2D eigenvalue weighted by molar-refractivity contribution is -0.420. The van der Waals surface area contributed by atoms with E-state index in [1.807, 2.05) is 5.40 Å². The number of hydroxylamine groups is 4. The van der Waals surface area contributed by atoms with E-state index < -0.39 is 22.7 Å². The molecule has 1 atom stereocenters. The Morgan fingerprint density at radius 2 is 2.23 bits per heavy atom. The van der Waals surface area contributed by atoms with Gasteiger partial charge in [0, 0.05) is 19.1 Å². The summed E-state index contributed by atoms with van der Waals surface area (Å²) in [7, 11) is 0. The number of benzene rings is 1. The summed E-state index contributed by atoms with van der Waals surface area (Å²) in [5.74, 6) is -0.931. The molecule has 2 aliphatic rings. The van der Waals surface area contributed by atoms with Crippen molar-refractivity contribution in [2.75, 3.05) is 50.1 Å². The van der Waals surface area contributed by atoms with E-state index in [0.29, 0.717) is 0 Å². The molecular weight excluding hydrogens is 433 g/mol. The number of nitrogens with zero attached hydrogens (tertiary/aromatic N) is 4. The van der Waals surface area contributed by atoms with Gasteiger partial charge in [-0.25, -0.2) is 14.1 Å². The lowest BCUT2D eigenvalue weighted by Crippen LogP contribution is -2.57. The van der Waals surface area contributed by atoms with E-state index in [1.165, 1.54) is 29.0 Å². The first kappa shape index (κ1) is 23.2. The molecule has 0 unspecified atom stereocenters. The molecule has 0 aromatic heterocycles. The van der Waals surface area contributed by atoms with Crippen molar-refractivity contribution in [2.24, 2.45) is 0 Å². The number of nitrogens with one attached hydrogen (secondary N) is 1.